The van der Waals surface area contributed by atoms with Crippen molar-refractivity contribution < 1.29 is 4.92 Å². The first-order valence-corrected chi connectivity index (χ1v) is 7.74. The Labute approximate surface area is 135 Å². The molecule has 23 heavy (non-hydrogen) atoms. The SMILES string of the molecule is Cc1nc(CCN)sc1-c1nc(-c2ccc([N+](=O)[O-])cc2)n[nH]1. The first-order chi connectivity index (χ1) is 11.1. The Morgan fingerprint density at radius 1 is 1.30 bits per heavy atom. The average molecular weight is 330 g/mol. The molecule has 0 atom stereocenters. The van der Waals surface area contributed by atoms with Crippen molar-refractivity contribution >= 4 is 17.0 Å². The molecule has 0 aliphatic rings. The van der Waals surface area contributed by atoms with E-state index in [-0.39, 0.29) is 5.69 Å². The second kappa shape index (κ2) is 6.23. The number of nitrogens with zero attached hydrogens (tertiary/aromatic N) is 4. The van der Waals surface area contributed by atoms with Crippen LogP contribution in [0.3, 0.4) is 0 Å². The van der Waals surface area contributed by atoms with E-state index in [9.17, 15) is 10.1 Å². The minimum Gasteiger partial charge on any atom is -0.330 e. The lowest BCUT2D eigenvalue weighted by molar-refractivity contribution is -0.384. The molecule has 0 spiro atoms. The molecule has 2 aromatic heterocycles. The number of nitrogens with two attached hydrogens (primary N) is 1. The molecule has 0 unspecified atom stereocenters. The molecule has 0 amide bonds. The molecule has 3 N–H and O–H groups in total. The van der Waals surface area contributed by atoms with Crippen LogP contribution in [0.5, 0.6) is 0 Å². The topological polar surface area (TPSA) is 124 Å². The van der Waals surface area contributed by atoms with Crippen molar-refractivity contribution in [2.24, 2.45) is 5.73 Å². The van der Waals surface area contributed by atoms with Gasteiger partial charge in [0, 0.05) is 24.1 Å². The molecule has 0 radical (unpaired) electrons. The normalized spacial score (nSPS) is 10.9. The third-order valence-electron chi connectivity index (χ3n) is 3.24. The van der Waals surface area contributed by atoms with Crippen molar-refractivity contribution in [2.45, 2.75) is 13.3 Å². The first-order valence-electron chi connectivity index (χ1n) is 6.92. The van der Waals surface area contributed by atoms with Gasteiger partial charge in [-0.3, -0.25) is 15.2 Å². The molecular formula is C14H14N6O2S. The number of nitro groups is 1. The van der Waals surface area contributed by atoms with Crippen molar-refractivity contribution in [2.75, 3.05) is 6.54 Å². The smallest absolute Gasteiger partial charge is 0.269 e. The monoisotopic (exact) mass is 330 g/mol. The Hall–Kier alpha value is -2.65. The largest absolute Gasteiger partial charge is 0.330 e. The number of nitrogens with one attached hydrogen (secondary N) is 1. The maximum atomic E-state index is 10.7. The molecule has 9 heteroatoms. The van der Waals surface area contributed by atoms with Crippen molar-refractivity contribution in [1.29, 1.82) is 0 Å². The summed E-state index contributed by atoms with van der Waals surface area (Å²) in [5.74, 6) is 1.12. The number of nitro benzene ring substituents is 1. The van der Waals surface area contributed by atoms with E-state index in [2.05, 4.69) is 20.2 Å². The highest BCUT2D eigenvalue weighted by Gasteiger charge is 2.15. The molecule has 3 aromatic rings. The van der Waals surface area contributed by atoms with Crippen LogP contribution in [-0.4, -0.2) is 31.6 Å². The number of rotatable bonds is 5. The Kier molecular flexibility index (Phi) is 4.13. The molecule has 0 aliphatic heterocycles. The third-order valence-corrected chi connectivity index (χ3v) is 4.46. The van der Waals surface area contributed by atoms with Crippen LogP contribution in [0.1, 0.15) is 10.7 Å². The summed E-state index contributed by atoms with van der Waals surface area (Å²) in [5.41, 5.74) is 7.18. The van der Waals surface area contributed by atoms with Gasteiger partial charge in [0.1, 0.15) is 0 Å². The number of benzene rings is 1. The van der Waals surface area contributed by atoms with Crippen LogP contribution in [0.15, 0.2) is 24.3 Å². The van der Waals surface area contributed by atoms with Crippen LogP contribution in [-0.2, 0) is 6.42 Å². The van der Waals surface area contributed by atoms with E-state index in [1.54, 1.807) is 12.1 Å². The summed E-state index contributed by atoms with van der Waals surface area (Å²) >= 11 is 1.54. The quantitative estimate of drug-likeness (QED) is 0.546. The van der Waals surface area contributed by atoms with Gasteiger partial charge in [-0.25, -0.2) is 9.97 Å². The van der Waals surface area contributed by atoms with Crippen molar-refractivity contribution in [3.8, 4) is 22.1 Å². The summed E-state index contributed by atoms with van der Waals surface area (Å²) in [4.78, 5) is 20.1. The Bertz CT molecular complexity index is 839. The van der Waals surface area contributed by atoms with Gasteiger partial charge >= 0.3 is 0 Å². The van der Waals surface area contributed by atoms with Crippen LogP contribution in [0, 0.1) is 17.0 Å². The number of hydrogen-bond donors (Lipinski definition) is 2. The van der Waals surface area contributed by atoms with E-state index in [1.807, 2.05) is 6.92 Å². The third kappa shape index (κ3) is 3.10. The van der Waals surface area contributed by atoms with Gasteiger partial charge in [0.15, 0.2) is 11.6 Å². The van der Waals surface area contributed by atoms with E-state index >= 15 is 0 Å². The zero-order chi connectivity index (χ0) is 16.4. The lowest BCUT2D eigenvalue weighted by Crippen LogP contribution is -2.01. The highest BCUT2D eigenvalue weighted by atomic mass is 32.1. The fourth-order valence-electron chi connectivity index (χ4n) is 2.13. The van der Waals surface area contributed by atoms with Gasteiger partial charge in [-0.15, -0.1) is 11.3 Å². The fraction of sp³-hybridized carbons (Fsp3) is 0.214. The number of aromatic amines is 1. The molecule has 118 valence electrons. The van der Waals surface area contributed by atoms with Crippen LogP contribution >= 0.6 is 11.3 Å². The Morgan fingerprint density at radius 2 is 2.04 bits per heavy atom. The van der Waals surface area contributed by atoms with Crippen LogP contribution < -0.4 is 5.73 Å². The summed E-state index contributed by atoms with van der Waals surface area (Å²) < 4.78 is 0. The molecule has 0 bridgehead atoms. The van der Waals surface area contributed by atoms with Crippen LogP contribution in [0.25, 0.3) is 22.1 Å². The van der Waals surface area contributed by atoms with Crippen molar-refractivity contribution in [3.05, 3.63) is 45.1 Å². The number of non-ortho nitro benzene ring substituents is 1. The molecule has 3 rings (SSSR count). The zero-order valence-corrected chi connectivity index (χ0v) is 13.1. The number of aryl methyl sites for hydroxylation is 1. The predicted molar refractivity (Wildman–Crippen MR) is 87.1 cm³/mol. The standard InChI is InChI=1S/C14H14N6O2S/c1-8-12(23-11(16-8)6-7-15)14-17-13(18-19-14)9-2-4-10(5-3-9)20(21)22/h2-5H,6-7,15H2,1H3,(H,17,18,19). The lowest BCUT2D eigenvalue weighted by Gasteiger charge is -1.94. The van der Waals surface area contributed by atoms with E-state index in [1.165, 1.54) is 23.5 Å². The molecule has 1 aromatic carbocycles. The van der Waals surface area contributed by atoms with Gasteiger partial charge in [-0.1, -0.05) is 0 Å². The van der Waals surface area contributed by atoms with Crippen LogP contribution in [0.2, 0.25) is 0 Å². The molecular weight excluding hydrogens is 316 g/mol. The van der Waals surface area contributed by atoms with Crippen molar-refractivity contribution in [1.82, 2.24) is 20.2 Å². The molecule has 8 nitrogen and oxygen atoms in total. The molecule has 0 aliphatic carbocycles. The van der Waals surface area contributed by atoms with Gasteiger partial charge < -0.3 is 5.73 Å². The highest BCUT2D eigenvalue weighted by molar-refractivity contribution is 7.15. The lowest BCUT2D eigenvalue weighted by atomic mass is 10.2. The summed E-state index contributed by atoms with van der Waals surface area (Å²) in [7, 11) is 0. The van der Waals surface area contributed by atoms with Gasteiger partial charge in [-0.2, -0.15) is 5.10 Å². The minimum absolute atomic E-state index is 0.0363. The van der Waals surface area contributed by atoms with Crippen molar-refractivity contribution in [3.63, 3.8) is 0 Å². The second-order valence-electron chi connectivity index (χ2n) is 4.87. The van der Waals surface area contributed by atoms with E-state index < -0.39 is 4.92 Å². The Balaban J connectivity index is 1.89. The summed E-state index contributed by atoms with van der Waals surface area (Å²) in [6.07, 6.45) is 0.731. The number of H-pyrrole nitrogens is 1. The first kappa shape index (κ1) is 15.3. The average Bonchev–Trinajstić information content (AvgIpc) is 3.14. The molecule has 0 fully saturated rings. The van der Waals surface area contributed by atoms with E-state index in [0.717, 1.165) is 22.0 Å². The van der Waals surface area contributed by atoms with Crippen LogP contribution in [0.4, 0.5) is 5.69 Å². The summed E-state index contributed by atoms with van der Waals surface area (Å²) in [6.45, 7) is 2.47. The van der Waals surface area contributed by atoms with E-state index in [4.69, 9.17) is 5.73 Å². The molecule has 2 heterocycles. The maximum Gasteiger partial charge on any atom is 0.269 e. The van der Waals surface area contributed by atoms with Gasteiger partial charge in [-0.05, 0) is 25.6 Å². The second-order valence-corrected chi connectivity index (χ2v) is 5.96. The molecule has 0 saturated heterocycles. The van der Waals surface area contributed by atoms with Gasteiger partial charge in [0.05, 0.1) is 20.5 Å². The van der Waals surface area contributed by atoms with Gasteiger partial charge in [0.25, 0.3) is 5.69 Å². The Morgan fingerprint density at radius 3 is 2.70 bits per heavy atom. The summed E-state index contributed by atoms with van der Waals surface area (Å²) in [5, 5.41) is 18.7. The summed E-state index contributed by atoms with van der Waals surface area (Å²) in [6, 6.07) is 6.13. The number of hydrogen-bond acceptors (Lipinski definition) is 7. The number of thiazole rings is 1. The fourth-order valence-corrected chi connectivity index (χ4v) is 3.15. The zero-order valence-electron chi connectivity index (χ0n) is 12.3. The highest BCUT2D eigenvalue weighted by Crippen LogP contribution is 2.29. The predicted octanol–water partition coefficient (Wildman–Crippen LogP) is 2.31. The molecule has 0 saturated carbocycles. The number of aromatic nitrogens is 4. The maximum absolute atomic E-state index is 10.7. The van der Waals surface area contributed by atoms with Gasteiger partial charge in [0.2, 0.25) is 0 Å². The van der Waals surface area contributed by atoms with E-state index in [0.29, 0.717) is 23.8 Å². The minimum atomic E-state index is -0.438.